The van der Waals surface area contributed by atoms with E-state index < -0.39 is 0 Å². The van der Waals surface area contributed by atoms with Gasteiger partial charge in [0.05, 0.1) is 11.7 Å². The second-order valence-electron chi connectivity index (χ2n) is 5.31. The molecule has 1 aliphatic rings. The van der Waals surface area contributed by atoms with E-state index in [2.05, 4.69) is 10.4 Å². The maximum Gasteiger partial charge on any atom is 0.267 e. The summed E-state index contributed by atoms with van der Waals surface area (Å²) >= 11 is 0. The lowest BCUT2D eigenvalue weighted by Gasteiger charge is -2.24. The molecule has 1 aromatic heterocycles. The fourth-order valence-electron chi connectivity index (χ4n) is 2.75. The van der Waals surface area contributed by atoms with Gasteiger partial charge in [0.2, 0.25) is 0 Å². The highest BCUT2D eigenvalue weighted by molar-refractivity contribution is 5.61. The standard InChI is InChI=1S/C16H19N3O/c1-12-11-15(20)19(14-7-9-17-10-8-14)18-16(12)13-5-3-2-4-6-13/h2-6,11,14,17H,7-10H2,1H3. The fourth-order valence-corrected chi connectivity index (χ4v) is 2.75. The van der Waals surface area contributed by atoms with Crippen molar-refractivity contribution in [2.45, 2.75) is 25.8 Å². The molecule has 0 radical (unpaired) electrons. The third kappa shape index (κ3) is 2.51. The third-order valence-corrected chi connectivity index (χ3v) is 3.85. The number of aromatic nitrogens is 2. The van der Waals surface area contributed by atoms with E-state index in [1.54, 1.807) is 10.7 Å². The predicted octanol–water partition coefficient (Wildman–Crippen LogP) is 2.14. The first-order valence-corrected chi connectivity index (χ1v) is 7.12. The summed E-state index contributed by atoms with van der Waals surface area (Å²) in [4.78, 5) is 12.2. The van der Waals surface area contributed by atoms with Crippen LogP contribution in [0.5, 0.6) is 0 Å². The van der Waals surface area contributed by atoms with Crippen molar-refractivity contribution in [3.8, 4) is 11.3 Å². The van der Waals surface area contributed by atoms with E-state index in [-0.39, 0.29) is 11.6 Å². The van der Waals surface area contributed by atoms with Crippen LogP contribution in [-0.4, -0.2) is 22.9 Å². The number of piperidine rings is 1. The normalized spacial score (nSPS) is 16.2. The Morgan fingerprint density at radius 3 is 2.60 bits per heavy atom. The zero-order valence-electron chi connectivity index (χ0n) is 11.7. The van der Waals surface area contributed by atoms with Gasteiger partial charge in [0.1, 0.15) is 0 Å². The molecule has 1 fully saturated rings. The summed E-state index contributed by atoms with van der Waals surface area (Å²) in [5.74, 6) is 0. The first-order valence-electron chi connectivity index (χ1n) is 7.12. The molecule has 0 saturated carbocycles. The van der Waals surface area contributed by atoms with Crippen LogP contribution in [-0.2, 0) is 0 Å². The van der Waals surface area contributed by atoms with E-state index in [4.69, 9.17) is 0 Å². The molecule has 1 N–H and O–H groups in total. The summed E-state index contributed by atoms with van der Waals surface area (Å²) in [6.45, 7) is 3.85. The molecule has 3 rings (SSSR count). The number of hydrogen-bond acceptors (Lipinski definition) is 3. The first kappa shape index (κ1) is 13.1. The van der Waals surface area contributed by atoms with Crippen molar-refractivity contribution in [3.63, 3.8) is 0 Å². The van der Waals surface area contributed by atoms with Crippen LogP contribution in [0.4, 0.5) is 0 Å². The van der Waals surface area contributed by atoms with Gasteiger partial charge >= 0.3 is 0 Å². The molecule has 0 atom stereocenters. The van der Waals surface area contributed by atoms with Gasteiger partial charge in [-0.25, -0.2) is 4.68 Å². The summed E-state index contributed by atoms with van der Waals surface area (Å²) in [6.07, 6.45) is 1.92. The Morgan fingerprint density at radius 1 is 1.20 bits per heavy atom. The first-order chi connectivity index (χ1) is 9.75. The molecule has 1 aliphatic heterocycles. The topological polar surface area (TPSA) is 46.9 Å². The summed E-state index contributed by atoms with van der Waals surface area (Å²) in [5, 5.41) is 7.96. The van der Waals surface area contributed by atoms with Gasteiger partial charge in [0.15, 0.2) is 0 Å². The van der Waals surface area contributed by atoms with Crippen molar-refractivity contribution in [3.05, 3.63) is 52.3 Å². The molecule has 1 aromatic carbocycles. The Bertz CT molecular complexity index is 643. The number of hydrogen-bond donors (Lipinski definition) is 1. The van der Waals surface area contributed by atoms with Gasteiger partial charge in [0, 0.05) is 11.6 Å². The Morgan fingerprint density at radius 2 is 1.90 bits per heavy atom. The van der Waals surface area contributed by atoms with E-state index in [0.29, 0.717) is 0 Å². The molecule has 0 unspecified atom stereocenters. The molecular formula is C16H19N3O. The van der Waals surface area contributed by atoms with E-state index in [9.17, 15) is 4.79 Å². The minimum absolute atomic E-state index is 0.00841. The highest BCUT2D eigenvalue weighted by Crippen LogP contribution is 2.21. The average molecular weight is 269 g/mol. The van der Waals surface area contributed by atoms with Crippen LogP contribution in [0.3, 0.4) is 0 Å². The lowest BCUT2D eigenvalue weighted by molar-refractivity contribution is 0.332. The molecule has 0 spiro atoms. The maximum absolute atomic E-state index is 12.2. The Kier molecular flexibility index (Phi) is 3.65. The molecule has 20 heavy (non-hydrogen) atoms. The number of nitrogens with one attached hydrogen (secondary N) is 1. The van der Waals surface area contributed by atoms with Gasteiger partial charge in [-0.2, -0.15) is 5.10 Å². The van der Waals surface area contributed by atoms with Crippen molar-refractivity contribution >= 4 is 0 Å². The Balaban J connectivity index is 2.05. The van der Waals surface area contributed by atoms with Crippen molar-refractivity contribution in [2.75, 3.05) is 13.1 Å². The van der Waals surface area contributed by atoms with Gasteiger partial charge in [0.25, 0.3) is 5.56 Å². The van der Waals surface area contributed by atoms with Gasteiger partial charge < -0.3 is 5.32 Å². The van der Waals surface area contributed by atoms with Crippen LogP contribution in [0.25, 0.3) is 11.3 Å². The molecular weight excluding hydrogens is 250 g/mol. The van der Waals surface area contributed by atoms with E-state index in [1.165, 1.54) is 0 Å². The van der Waals surface area contributed by atoms with Crippen LogP contribution >= 0.6 is 0 Å². The highest BCUT2D eigenvalue weighted by Gasteiger charge is 2.18. The second kappa shape index (κ2) is 5.59. The second-order valence-corrected chi connectivity index (χ2v) is 5.31. The number of nitrogens with zero attached hydrogens (tertiary/aromatic N) is 2. The molecule has 1 saturated heterocycles. The Labute approximate surface area is 118 Å². The van der Waals surface area contributed by atoms with Crippen LogP contribution in [0.1, 0.15) is 24.4 Å². The van der Waals surface area contributed by atoms with Gasteiger partial charge in [-0.3, -0.25) is 4.79 Å². The predicted molar refractivity (Wildman–Crippen MR) is 79.8 cm³/mol. The van der Waals surface area contributed by atoms with Crippen molar-refractivity contribution < 1.29 is 0 Å². The van der Waals surface area contributed by atoms with Crippen LogP contribution in [0, 0.1) is 6.92 Å². The minimum Gasteiger partial charge on any atom is -0.317 e. The summed E-state index contributed by atoms with van der Waals surface area (Å²) < 4.78 is 1.68. The van der Waals surface area contributed by atoms with Crippen molar-refractivity contribution in [1.82, 2.24) is 15.1 Å². The van der Waals surface area contributed by atoms with Crippen LogP contribution in [0.15, 0.2) is 41.2 Å². The molecule has 2 aromatic rings. The summed E-state index contributed by atoms with van der Waals surface area (Å²) in [6, 6.07) is 12.0. The summed E-state index contributed by atoms with van der Waals surface area (Å²) in [7, 11) is 0. The molecule has 0 bridgehead atoms. The summed E-state index contributed by atoms with van der Waals surface area (Å²) in [5.41, 5.74) is 2.91. The number of aryl methyl sites for hydroxylation is 1. The quantitative estimate of drug-likeness (QED) is 0.908. The zero-order chi connectivity index (χ0) is 13.9. The highest BCUT2D eigenvalue weighted by atomic mass is 16.1. The SMILES string of the molecule is Cc1cc(=O)n(C2CCNCC2)nc1-c1ccccc1. The van der Waals surface area contributed by atoms with E-state index >= 15 is 0 Å². The van der Waals surface area contributed by atoms with Crippen LogP contribution in [0.2, 0.25) is 0 Å². The molecule has 4 heteroatoms. The molecule has 0 amide bonds. The minimum atomic E-state index is 0.00841. The number of benzene rings is 1. The van der Waals surface area contributed by atoms with E-state index in [1.807, 2.05) is 37.3 Å². The smallest absolute Gasteiger partial charge is 0.267 e. The molecule has 104 valence electrons. The lowest BCUT2D eigenvalue weighted by Crippen LogP contribution is -2.35. The van der Waals surface area contributed by atoms with Crippen LogP contribution < -0.4 is 10.9 Å². The largest absolute Gasteiger partial charge is 0.317 e. The lowest BCUT2D eigenvalue weighted by atomic mass is 10.1. The zero-order valence-corrected chi connectivity index (χ0v) is 11.7. The van der Waals surface area contributed by atoms with Crippen molar-refractivity contribution in [1.29, 1.82) is 0 Å². The molecule has 0 aliphatic carbocycles. The van der Waals surface area contributed by atoms with Gasteiger partial charge in [-0.05, 0) is 38.4 Å². The Hall–Kier alpha value is -1.94. The maximum atomic E-state index is 12.2. The van der Waals surface area contributed by atoms with Gasteiger partial charge in [-0.15, -0.1) is 0 Å². The van der Waals surface area contributed by atoms with Gasteiger partial charge in [-0.1, -0.05) is 30.3 Å². The molecule has 4 nitrogen and oxygen atoms in total. The van der Waals surface area contributed by atoms with E-state index in [0.717, 1.165) is 42.8 Å². The average Bonchev–Trinajstić information content (AvgIpc) is 2.49. The number of rotatable bonds is 2. The third-order valence-electron chi connectivity index (χ3n) is 3.85. The fraction of sp³-hybridized carbons (Fsp3) is 0.375. The van der Waals surface area contributed by atoms with Crippen molar-refractivity contribution in [2.24, 2.45) is 0 Å². The molecule has 2 heterocycles. The monoisotopic (exact) mass is 269 g/mol.